The van der Waals surface area contributed by atoms with E-state index in [0.29, 0.717) is 11.1 Å². The molecule has 3 nitrogen and oxygen atoms in total. The van der Waals surface area contributed by atoms with Crippen LogP contribution in [0.5, 0.6) is 0 Å². The van der Waals surface area contributed by atoms with Crippen molar-refractivity contribution in [1.29, 1.82) is 0 Å². The van der Waals surface area contributed by atoms with Crippen molar-refractivity contribution in [2.24, 2.45) is 0 Å². The zero-order valence-electron chi connectivity index (χ0n) is 28.6. The molecule has 0 aromatic heterocycles. The zero-order valence-corrected chi connectivity index (χ0v) is 30.3. The summed E-state index contributed by atoms with van der Waals surface area (Å²) in [7, 11) is -4.24. The first kappa shape index (κ1) is 36.1. The predicted molar refractivity (Wildman–Crippen MR) is 200 cm³/mol. The summed E-state index contributed by atoms with van der Waals surface area (Å²) in [6.45, 7) is 4.72. The van der Waals surface area contributed by atoms with Crippen LogP contribution in [-0.4, -0.2) is 14.6 Å². The van der Waals surface area contributed by atoms with Gasteiger partial charge in [-0.25, -0.2) is 0 Å². The Labute approximate surface area is 280 Å². The summed E-state index contributed by atoms with van der Waals surface area (Å²) in [4.78, 5) is 0.361. The molecule has 0 heterocycles. The molecule has 248 valence electrons. The van der Waals surface area contributed by atoms with Crippen molar-refractivity contribution in [3.63, 3.8) is 0 Å². The summed E-state index contributed by atoms with van der Waals surface area (Å²) in [5.41, 5.74) is 3.55. The Balaban J connectivity index is 2.02. The molecule has 0 N–H and O–H groups in total. The van der Waals surface area contributed by atoms with Gasteiger partial charge < -0.3 is 0 Å². The van der Waals surface area contributed by atoms with Crippen molar-refractivity contribution in [2.45, 2.75) is 110 Å². The van der Waals surface area contributed by atoms with Crippen LogP contribution in [0.4, 0.5) is 0 Å². The molecule has 0 atom stereocenters. The Morgan fingerprint density at radius 2 is 0.913 bits per heavy atom. The molecule has 0 fully saturated rings. The van der Waals surface area contributed by atoms with E-state index in [2.05, 4.69) is 70.2 Å². The van der Waals surface area contributed by atoms with Crippen LogP contribution in [0.1, 0.15) is 102 Å². The van der Waals surface area contributed by atoms with Gasteiger partial charge in [0.15, 0.2) is 0 Å². The molecule has 0 spiro atoms. The second kappa shape index (κ2) is 16.9. The Bertz CT molecular complexity index is 1500. The Morgan fingerprint density at radius 3 is 1.33 bits per heavy atom. The van der Waals surface area contributed by atoms with Gasteiger partial charge in [0.05, 0.1) is 0 Å². The van der Waals surface area contributed by atoms with Crippen molar-refractivity contribution in [3.05, 3.63) is 120 Å². The van der Waals surface area contributed by atoms with Gasteiger partial charge in [0.2, 0.25) is 0 Å². The Kier molecular flexibility index (Phi) is 13.2. The van der Waals surface area contributed by atoms with Crippen LogP contribution >= 0.6 is 6.83 Å². The van der Waals surface area contributed by atoms with Crippen molar-refractivity contribution in [1.82, 2.24) is 0 Å². The first-order chi connectivity index (χ1) is 22.4. The summed E-state index contributed by atoms with van der Waals surface area (Å²) in [5.74, 6) is 0. The second-order valence-corrected chi connectivity index (χ2v) is 19.2. The summed E-state index contributed by atoms with van der Waals surface area (Å²) in [6, 6.07) is 34.3. The number of rotatable bonds is 19. The van der Waals surface area contributed by atoms with Crippen LogP contribution < -0.4 is 15.9 Å². The fourth-order valence-corrected chi connectivity index (χ4v) is 15.8. The van der Waals surface area contributed by atoms with Crippen molar-refractivity contribution in [3.8, 4) is 0 Å². The summed E-state index contributed by atoms with van der Waals surface area (Å²) in [5, 5.41) is 2.76. The van der Waals surface area contributed by atoms with E-state index in [9.17, 15) is 0 Å². The fourth-order valence-electron chi connectivity index (χ4n) is 7.11. The molecule has 0 bridgehead atoms. The first-order valence-corrected chi connectivity index (χ1v) is 21.4. The Hall–Kier alpha value is -2.78. The van der Waals surface area contributed by atoms with E-state index in [0.717, 1.165) is 92.1 Å². The van der Waals surface area contributed by atoms with Gasteiger partial charge in [0.25, 0.3) is 0 Å². The van der Waals surface area contributed by atoms with Crippen LogP contribution in [0.3, 0.4) is 0 Å². The Morgan fingerprint density at radius 1 is 0.500 bits per heavy atom. The standard InChI is InChI=1S/C41H55O3PS/c1-5-9-15-24-35-33-34-41(40(32-17-11-7-3)39(35)31-16-10-6-2)46(42,43)44-45(8-4,36-25-18-12-19-26-36,37-27-20-13-21-28-37)38-29-22-14-23-30-38/h12-14,18-23,25-30,33-34H,5-11,15-17,24,31-32H2,1-4H3. The maximum absolute atomic E-state index is 15.2. The molecule has 0 saturated heterocycles. The summed E-state index contributed by atoms with van der Waals surface area (Å²) in [6.07, 6.45) is 13.1. The average Bonchev–Trinajstić information content (AvgIpc) is 3.09. The molecule has 0 radical (unpaired) electrons. The number of benzene rings is 4. The third-order valence-corrected chi connectivity index (χ3v) is 18.0. The molecule has 4 aromatic rings. The fraction of sp³-hybridized carbons (Fsp3) is 0.415. The van der Waals surface area contributed by atoms with Crippen LogP contribution in [0.2, 0.25) is 0 Å². The van der Waals surface area contributed by atoms with Crippen LogP contribution in [0, 0.1) is 0 Å². The quantitative estimate of drug-likeness (QED) is 0.0744. The van der Waals surface area contributed by atoms with Gasteiger partial charge in [0.1, 0.15) is 0 Å². The zero-order chi connectivity index (χ0) is 32.9. The molecule has 4 rings (SSSR count). The van der Waals surface area contributed by atoms with E-state index in [1.165, 1.54) is 17.5 Å². The van der Waals surface area contributed by atoms with Crippen LogP contribution in [0.15, 0.2) is 108 Å². The first-order valence-electron chi connectivity index (χ1n) is 17.7. The van der Waals surface area contributed by atoms with E-state index in [-0.39, 0.29) is 0 Å². The number of hydrogen-bond acceptors (Lipinski definition) is 3. The van der Waals surface area contributed by atoms with E-state index < -0.39 is 16.9 Å². The normalized spacial score (nSPS) is 12.9. The van der Waals surface area contributed by atoms with Gasteiger partial charge in [-0.1, -0.05) is 0 Å². The van der Waals surface area contributed by atoms with Gasteiger partial charge >= 0.3 is 281 Å². The molecule has 0 aliphatic carbocycles. The minimum atomic E-state index is -4.24. The minimum absolute atomic E-state index is 0.361. The predicted octanol–water partition coefficient (Wildman–Crippen LogP) is 10.1. The molecule has 46 heavy (non-hydrogen) atoms. The molecule has 0 saturated carbocycles. The molecular weight excluding hydrogens is 603 g/mol. The van der Waals surface area contributed by atoms with E-state index in [4.69, 9.17) is 3.97 Å². The summed E-state index contributed by atoms with van der Waals surface area (Å²) < 4.78 is 37.7. The second-order valence-electron chi connectivity index (χ2n) is 12.6. The third kappa shape index (κ3) is 7.51. The van der Waals surface area contributed by atoms with Crippen LogP contribution in [0.25, 0.3) is 0 Å². The number of aryl methyl sites for hydroxylation is 1. The summed E-state index contributed by atoms with van der Waals surface area (Å²) >= 11 is 0. The third-order valence-electron chi connectivity index (χ3n) is 9.64. The topological polar surface area (TPSA) is 43.4 Å². The number of unbranched alkanes of at least 4 members (excludes halogenated alkanes) is 6. The monoisotopic (exact) mass is 658 g/mol. The molecule has 4 aromatic carbocycles. The van der Waals surface area contributed by atoms with Gasteiger partial charge in [-0.05, 0) is 0 Å². The molecule has 0 aliphatic heterocycles. The van der Waals surface area contributed by atoms with Gasteiger partial charge in [0, 0.05) is 0 Å². The van der Waals surface area contributed by atoms with Crippen molar-refractivity contribution >= 4 is 32.9 Å². The van der Waals surface area contributed by atoms with E-state index in [1.54, 1.807) is 0 Å². The van der Waals surface area contributed by atoms with Crippen molar-refractivity contribution < 1.29 is 12.4 Å². The van der Waals surface area contributed by atoms with Gasteiger partial charge in [-0.15, -0.1) is 0 Å². The van der Waals surface area contributed by atoms with Gasteiger partial charge in [-0.3, -0.25) is 0 Å². The molecule has 0 amide bonds. The van der Waals surface area contributed by atoms with Gasteiger partial charge in [-0.2, -0.15) is 0 Å². The average molecular weight is 659 g/mol. The molecule has 0 unspecified atom stereocenters. The molecule has 5 heteroatoms. The number of hydrogen-bond donors (Lipinski definition) is 0. The molecule has 0 aliphatic rings. The van der Waals surface area contributed by atoms with E-state index in [1.807, 2.05) is 60.7 Å². The maximum atomic E-state index is 15.2. The van der Waals surface area contributed by atoms with Crippen LogP contribution in [-0.2, 0) is 33.4 Å². The van der Waals surface area contributed by atoms with Crippen molar-refractivity contribution in [2.75, 3.05) is 6.16 Å². The van der Waals surface area contributed by atoms with E-state index >= 15 is 8.42 Å². The SMILES string of the molecule is CCCCCc1ccc(S(=O)(=O)OP(CC)(c2ccccc2)(c2ccccc2)c2ccccc2)c(CCCCC)c1CCCCC. The molecular formula is C41H55O3PS.